The Kier molecular flexibility index (Phi) is 3.21. The molecule has 5 heteroatoms. The van der Waals surface area contributed by atoms with Gasteiger partial charge in [-0.3, -0.25) is 0 Å². The first-order valence-corrected chi connectivity index (χ1v) is 6.95. The zero-order chi connectivity index (χ0) is 13.2. The number of methoxy groups -OCH3 is 1. The topological polar surface area (TPSA) is 42.4 Å². The molecule has 19 heavy (non-hydrogen) atoms. The summed E-state index contributed by atoms with van der Waals surface area (Å²) in [6, 6.07) is 8.46. The molecule has 1 aliphatic rings. The molecule has 2 aromatic rings. The monoisotopic (exact) mass is 274 g/mol. The molecule has 2 heterocycles. The number of nitrogens with zero attached hydrogens (tertiary/aromatic N) is 2. The minimum Gasteiger partial charge on any atom is -0.465 e. The van der Waals surface area contributed by atoms with Crippen LogP contribution in [0, 0.1) is 0 Å². The van der Waals surface area contributed by atoms with Gasteiger partial charge in [-0.2, -0.15) is 0 Å². The van der Waals surface area contributed by atoms with Gasteiger partial charge in [-0.25, -0.2) is 9.78 Å². The van der Waals surface area contributed by atoms with Crippen molar-refractivity contribution in [3.05, 3.63) is 46.5 Å². The first-order chi connectivity index (χ1) is 9.28. The molecule has 0 unspecified atom stereocenters. The Bertz CT molecular complexity index is 609. The van der Waals surface area contributed by atoms with Crippen LogP contribution in [0.25, 0.3) is 0 Å². The first-order valence-electron chi connectivity index (χ1n) is 6.14. The van der Waals surface area contributed by atoms with Crippen molar-refractivity contribution in [2.45, 2.75) is 13.0 Å². The van der Waals surface area contributed by atoms with Crippen LogP contribution in [0.15, 0.2) is 30.5 Å². The summed E-state index contributed by atoms with van der Waals surface area (Å²) in [7, 11) is 1.39. The zero-order valence-electron chi connectivity index (χ0n) is 10.6. The molecule has 0 spiro atoms. The van der Waals surface area contributed by atoms with Gasteiger partial charge in [-0.1, -0.05) is 35.6 Å². The molecule has 0 amide bonds. The molecule has 0 saturated carbocycles. The molecule has 1 aromatic heterocycles. The molecule has 3 rings (SSSR count). The summed E-state index contributed by atoms with van der Waals surface area (Å²) in [5, 5.41) is 0.884. The van der Waals surface area contributed by atoms with Crippen LogP contribution in [0.5, 0.6) is 0 Å². The second-order valence-corrected chi connectivity index (χ2v) is 5.45. The quantitative estimate of drug-likeness (QED) is 0.789. The number of carbonyl (C=O) groups is 1. The van der Waals surface area contributed by atoms with Crippen molar-refractivity contribution in [1.29, 1.82) is 0 Å². The highest BCUT2D eigenvalue weighted by atomic mass is 32.1. The standard InChI is InChI=1S/C14H14N2O2S/c1-18-13(17)12-8-15-14(19-12)16-7-6-10-4-2-3-5-11(10)9-16/h2-5,8H,6-7,9H2,1H3. The van der Waals surface area contributed by atoms with E-state index in [1.54, 1.807) is 6.20 Å². The maximum Gasteiger partial charge on any atom is 0.349 e. The molecular weight excluding hydrogens is 260 g/mol. The van der Waals surface area contributed by atoms with E-state index >= 15 is 0 Å². The molecule has 0 fully saturated rings. The highest BCUT2D eigenvalue weighted by molar-refractivity contribution is 7.17. The molecule has 0 atom stereocenters. The van der Waals surface area contributed by atoms with Crippen molar-refractivity contribution < 1.29 is 9.53 Å². The second kappa shape index (κ2) is 5.01. The summed E-state index contributed by atoms with van der Waals surface area (Å²) in [5.41, 5.74) is 2.74. The lowest BCUT2D eigenvalue weighted by atomic mass is 10.0. The average Bonchev–Trinajstić information content (AvgIpc) is 2.95. The minimum absolute atomic E-state index is 0.318. The number of benzene rings is 1. The summed E-state index contributed by atoms with van der Waals surface area (Å²) in [6.07, 6.45) is 2.61. The number of hydrogen-bond donors (Lipinski definition) is 0. The van der Waals surface area contributed by atoms with E-state index in [1.165, 1.54) is 29.6 Å². The van der Waals surface area contributed by atoms with E-state index in [1.807, 2.05) is 0 Å². The highest BCUT2D eigenvalue weighted by Gasteiger charge is 2.20. The Hall–Kier alpha value is -1.88. The van der Waals surface area contributed by atoms with Crippen LogP contribution >= 0.6 is 11.3 Å². The maximum atomic E-state index is 11.4. The van der Waals surface area contributed by atoms with E-state index in [2.05, 4.69) is 34.1 Å². The van der Waals surface area contributed by atoms with E-state index in [0.29, 0.717) is 4.88 Å². The number of esters is 1. The molecule has 1 aliphatic heterocycles. The van der Waals surface area contributed by atoms with E-state index < -0.39 is 0 Å². The summed E-state index contributed by atoms with van der Waals surface area (Å²) in [5.74, 6) is -0.318. The summed E-state index contributed by atoms with van der Waals surface area (Å²) in [4.78, 5) is 18.5. The van der Waals surface area contributed by atoms with Crippen molar-refractivity contribution in [1.82, 2.24) is 4.98 Å². The molecule has 0 saturated heterocycles. The molecule has 0 N–H and O–H groups in total. The third-order valence-electron chi connectivity index (χ3n) is 3.28. The Balaban J connectivity index is 1.81. The number of fused-ring (bicyclic) bond motifs is 1. The van der Waals surface area contributed by atoms with E-state index in [4.69, 9.17) is 4.74 Å². The molecule has 98 valence electrons. The van der Waals surface area contributed by atoms with Gasteiger partial charge in [0.05, 0.1) is 13.3 Å². The third-order valence-corrected chi connectivity index (χ3v) is 4.32. The van der Waals surface area contributed by atoms with Crippen molar-refractivity contribution in [2.75, 3.05) is 18.6 Å². The van der Waals surface area contributed by atoms with Gasteiger partial charge >= 0.3 is 5.97 Å². The lowest BCUT2D eigenvalue weighted by Gasteiger charge is -2.28. The van der Waals surface area contributed by atoms with Crippen molar-refractivity contribution in [3.63, 3.8) is 0 Å². The Morgan fingerprint density at radius 3 is 2.95 bits per heavy atom. The fourth-order valence-corrected chi connectivity index (χ4v) is 3.12. The predicted octanol–water partition coefficient (Wildman–Crippen LogP) is 2.49. The Morgan fingerprint density at radius 1 is 1.37 bits per heavy atom. The highest BCUT2D eigenvalue weighted by Crippen LogP contribution is 2.28. The third kappa shape index (κ3) is 2.33. The van der Waals surface area contributed by atoms with E-state index in [-0.39, 0.29) is 5.97 Å². The Labute approximate surface area is 115 Å². The summed E-state index contributed by atoms with van der Waals surface area (Å²) >= 11 is 1.39. The first kappa shape index (κ1) is 12.2. The van der Waals surface area contributed by atoms with Crippen molar-refractivity contribution in [3.8, 4) is 0 Å². The van der Waals surface area contributed by atoms with Crippen LogP contribution in [0.2, 0.25) is 0 Å². The second-order valence-electron chi connectivity index (χ2n) is 4.44. The molecule has 4 nitrogen and oxygen atoms in total. The van der Waals surface area contributed by atoms with Crippen molar-refractivity contribution in [2.24, 2.45) is 0 Å². The van der Waals surface area contributed by atoms with Crippen LogP contribution < -0.4 is 4.90 Å². The maximum absolute atomic E-state index is 11.4. The van der Waals surface area contributed by atoms with Gasteiger partial charge in [-0.05, 0) is 17.5 Å². The van der Waals surface area contributed by atoms with Crippen LogP contribution in [0.1, 0.15) is 20.8 Å². The van der Waals surface area contributed by atoms with Gasteiger partial charge in [-0.15, -0.1) is 0 Å². The number of anilines is 1. The fourth-order valence-electron chi connectivity index (χ4n) is 2.27. The Morgan fingerprint density at radius 2 is 2.16 bits per heavy atom. The van der Waals surface area contributed by atoms with E-state index in [0.717, 1.165) is 24.6 Å². The number of thiazole rings is 1. The zero-order valence-corrected chi connectivity index (χ0v) is 11.4. The van der Waals surface area contributed by atoms with Crippen molar-refractivity contribution >= 4 is 22.4 Å². The van der Waals surface area contributed by atoms with Gasteiger partial charge in [0.2, 0.25) is 0 Å². The van der Waals surface area contributed by atoms with Gasteiger partial charge in [0.15, 0.2) is 5.13 Å². The van der Waals surface area contributed by atoms with E-state index in [9.17, 15) is 4.79 Å². The van der Waals surface area contributed by atoms with Crippen LogP contribution in [0.3, 0.4) is 0 Å². The molecule has 1 aromatic carbocycles. The summed E-state index contributed by atoms with van der Waals surface area (Å²) < 4.78 is 4.71. The van der Waals surface area contributed by atoms with Crippen LogP contribution in [-0.2, 0) is 17.7 Å². The minimum atomic E-state index is -0.318. The lowest BCUT2D eigenvalue weighted by molar-refractivity contribution is 0.0606. The van der Waals surface area contributed by atoms with Gasteiger partial charge in [0.25, 0.3) is 0 Å². The number of hydrogen-bond acceptors (Lipinski definition) is 5. The molecule has 0 bridgehead atoms. The van der Waals surface area contributed by atoms with Gasteiger partial charge < -0.3 is 9.64 Å². The smallest absolute Gasteiger partial charge is 0.349 e. The van der Waals surface area contributed by atoms with Crippen LogP contribution in [0.4, 0.5) is 5.13 Å². The SMILES string of the molecule is COC(=O)c1cnc(N2CCc3ccccc3C2)s1. The largest absolute Gasteiger partial charge is 0.465 e. The predicted molar refractivity (Wildman–Crippen MR) is 74.6 cm³/mol. The fraction of sp³-hybridized carbons (Fsp3) is 0.286. The normalized spacial score (nSPS) is 14.1. The number of rotatable bonds is 2. The number of aromatic nitrogens is 1. The number of carbonyl (C=O) groups excluding carboxylic acids is 1. The van der Waals surface area contributed by atoms with Gasteiger partial charge in [0.1, 0.15) is 4.88 Å². The summed E-state index contributed by atoms with van der Waals surface area (Å²) in [6.45, 7) is 1.79. The molecular formula is C14H14N2O2S. The number of ether oxygens (including phenoxy) is 1. The van der Waals surface area contributed by atoms with Gasteiger partial charge in [0, 0.05) is 13.1 Å². The molecule has 0 aliphatic carbocycles. The lowest BCUT2D eigenvalue weighted by Crippen LogP contribution is -2.30. The molecule has 0 radical (unpaired) electrons. The van der Waals surface area contributed by atoms with Crippen LogP contribution in [-0.4, -0.2) is 24.6 Å². The average molecular weight is 274 g/mol.